The summed E-state index contributed by atoms with van der Waals surface area (Å²) in [5.74, 6) is -1.26. The van der Waals surface area contributed by atoms with Gasteiger partial charge in [-0.05, 0) is 24.0 Å². The third-order valence-electron chi connectivity index (χ3n) is 3.73. The molecule has 0 bridgehead atoms. The van der Waals surface area contributed by atoms with Gasteiger partial charge in [-0.15, -0.1) is 0 Å². The SMILES string of the molecule is CCC(OC)C(=O)N1CCc2ccccc2C1C(=O)O. The van der Waals surface area contributed by atoms with Crippen molar-refractivity contribution in [3.8, 4) is 0 Å². The van der Waals surface area contributed by atoms with E-state index in [2.05, 4.69) is 0 Å². The van der Waals surface area contributed by atoms with Gasteiger partial charge >= 0.3 is 5.97 Å². The second-order valence-corrected chi connectivity index (χ2v) is 4.85. The van der Waals surface area contributed by atoms with Crippen LogP contribution in [0, 0.1) is 0 Å². The molecule has 5 nitrogen and oxygen atoms in total. The molecule has 108 valence electrons. The highest BCUT2D eigenvalue weighted by Crippen LogP contribution is 2.30. The number of ether oxygens (including phenoxy) is 1. The van der Waals surface area contributed by atoms with E-state index in [-0.39, 0.29) is 5.91 Å². The molecule has 1 N–H and O–H groups in total. The normalized spacial score (nSPS) is 19.3. The smallest absolute Gasteiger partial charge is 0.331 e. The van der Waals surface area contributed by atoms with Crippen molar-refractivity contribution in [1.29, 1.82) is 0 Å². The molecule has 0 aromatic heterocycles. The molecule has 1 heterocycles. The number of hydrogen-bond acceptors (Lipinski definition) is 3. The Labute approximate surface area is 118 Å². The predicted molar refractivity (Wildman–Crippen MR) is 73.3 cm³/mol. The Morgan fingerprint density at radius 1 is 1.45 bits per heavy atom. The number of methoxy groups -OCH3 is 1. The van der Waals surface area contributed by atoms with Crippen molar-refractivity contribution in [2.24, 2.45) is 0 Å². The van der Waals surface area contributed by atoms with Crippen LogP contribution in [0.5, 0.6) is 0 Å². The largest absolute Gasteiger partial charge is 0.479 e. The number of fused-ring (bicyclic) bond motifs is 1. The van der Waals surface area contributed by atoms with Gasteiger partial charge in [-0.1, -0.05) is 31.2 Å². The fourth-order valence-electron chi connectivity index (χ4n) is 2.70. The summed E-state index contributed by atoms with van der Waals surface area (Å²) in [5, 5.41) is 9.50. The maximum absolute atomic E-state index is 12.4. The molecule has 0 radical (unpaired) electrons. The van der Waals surface area contributed by atoms with E-state index >= 15 is 0 Å². The molecular formula is C15H19NO4. The van der Waals surface area contributed by atoms with Gasteiger partial charge in [0.1, 0.15) is 6.10 Å². The first-order valence-electron chi connectivity index (χ1n) is 6.74. The van der Waals surface area contributed by atoms with Gasteiger partial charge in [0.05, 0.1) is 0 Å². The fourth-order valence-corrected chi connectivity index (χ4v) is 2.70. The molecule has 1 aliphatic heterocycles. The van der Waals surface area contributed by atoms with E-state index in [9.17, 15) is 14.7 Å². The highest BCUT2D eigenvalue weighted by Gasteiger charge is 2.37. The molecule has 0 fully saturated rings. The molecular weight excluding hydrogens is 258 g/mol. The molecule has 2 unspecified atom stereocenters. The quantitative estimate of drug-likeness (QED) is 0.908. The third-order valence-corrected chi connectivity index (χ3v) is 3.73. The van der Waals surface area contributed by atoms with Crippen LogP contribution in [-0.2, 0) is 20.7 Å². The second-order valence-electron chi connectivity index (χ2n) is 4.85. The van der Waals surface area contributed by atoms with Crippen LogP contribution < -0.4 is 0 Å². The van der Waals surface area contributed by atoms with Gasteiger partial charge in [0.25, 0.3) is 5.91 Å². The molecule has 2 atom stereocenters. The van der Waals surface area contributed by atoms with Crippen molar-refractivity contribution < 1.29 is 19.4 Å². The topological polar surface area (TPSA) is 66.8 Å². The standard InChI is InChI=1S/C15H19NO4/c1-3-12(20-2)14(17)16-9-8-10-6-4-5-7-11(10)13(16)15(18)19/h4-7,12-13H,3,8-9H2,1-2H3,(H,18,19). The average Bonchev–Trinajstić information content (AvgIpc) is 2.46. The Kier molecular flexibility index (Phi) is 4.39. The summed E-state index contributed by atoms with van der Waals surface area (Å²) in [4.78, 5) is 25.4. The first kappa shape index (κ1) is 14.5. The molecule has 0 saturated heterocycles. The van der Waals surface area contributed by atoms with Gasteiger partial charge in [0.15, 0.2) is 6.04 Å². The van der Waals surface area contributed by atoms with Crippen molar-refractivity contribution >= 4 is 11.9 Å². The molecule has 20 heavy (non-hydrogen) atoms. The number of nitrogens with zero attached hydrogens (tertiary/aromatic N) is 1. The second kappa shape index (κ2) is 6.05. The maximum atomic E-state index is 12.4. The minimum atomic E-state index is -1.00. The van der Waals surface area contributed by atoms with Crippen molar-refractivity contribution in [2.45, 2.75) is 31.9 Å². The van der Waals surface area contributed by atoms with E-state index < -0.39 is 18.1 Å². The van der Waals surface area contributed by atoms with Gasteiger partial charge < -0.3 is 14.7 Å². The summed E-state index contributed by atoms with van der Waals surface area (Å²) >= 11 is 0. The minimum absolute atomic E-state index is 0.253. The molecule has 0 saturated carbocycles. The maximum Gasteiger partial charge on any atom is 0.331 e. The van der Waals surface area contributed by atoms with Crippen LogP contribution in [0.4, 0.5) is 0 Å². The molecule has 0 aliphatic carbocycles. The Bertz CT molecular complexity index is 510. The van der Waals surface area contributed by atoms with Crippen molar-refractivity contribution in [1.82, 2.24) is 4.90 Å². The van der Waals surface area contributed by atoms with Crippen LogP contribution >= 0.6 is 0 Å². The number of carboxylic acids is 1. The summed E-state index contributed by atoms with van der Waals surface area (Å²) in [7, 11) is 1.47. The highest BCUT2D eigenvalue weighted by molar-refractivity contribution is 5.88. The predicted octanol–water partition coefficient (Wildman–Crippen LogP) is 1.62. The summed E-state index contributed by atoms with van der Waals surface area (Å²) in [6, 6.07) is 6.47. The third kappa shape index (κ3) is 2.54. The number of carbonyl (C=O) groups is 2. The number of aliphatic carboxylic acids is 1. The lowest BCUT2D eigenvalue weighted by Crippen LogP contribution is -2.48. The van der Waals surface area contributed by atoms with Crippen LogP contribution in [0.1, 0.15) is 30.5 Å². The Balaban J connectivity index is 2.36. The molecule has 1 aromatic carbocycles. The summed E-state index contributed by atoms with van der Waals surface area (Å²) in [5.41, 5.74) is 1.69. The lowest BCUT2D eigenvalue weighted by atomic mass is 9.92. The van der Waals surface area contributed by atoms with E-state index in [1.807, 2.05) is 19.1 Å². The zero-order valence-corrected chi connectivity index (χ0v) is 11.7. The monoisotopic (exact) mass is 277 g/mol. The van der Waals surface area contributed by atoms with E-state index in [1.54, 1.807) is 12.1 Å². The van der Waals surface area contributed by atoms with E-state index in [1.165, 1.54) is 12.0 Å². The number of amides is 1. The number of carbonyl (C=O) groups excluding carboxylic acids is 1. The number of carboxylic acid groups (broad SMARTS) is 1. The summed E-state index contributed by atoms with van der Waals surface area (Å²) < 4.78 is 5.15. The zero-order valence-electron chi connectivity index (χ0n) is 11.7. The zero-order chi connectivity index (χ0) is 14.7. The van der Waals surface area contributed by atoms with Crippen LogP contribution in [-0.4, -0.2) is 41.6 Å². The molecule has 1 aliphatic rings. The van der Waals surface area contributed by atoms with Gasteiger partial charge in [-0.2, -0.15) is 0 Å². The van der Waals surface area contributed by atoms with Crippen molar-refractivity contribution in [3.63, 3.8) is 0 Å². The summed E-state index contributed by atoms with van der Waals surface area (Å²) in [6.07, 6.45) is 0.619. The first-order chi connectivity index (χ1) is 9.60. The van der Waals surface area contributed by atoms with Crippen molar-refractivity contribution in [2.75, 3.05) is 13.7 Å². The molecule has 5 heteroatoms. The lowest BCUT2D eigenvalue weighted by molar-refractivity contribution is -0.156. The fraction of sp³-hybridized carbons (Fsp3) is 0.467. The van der Waals surface area contributed by atoms with Crippen LogP contribution in [0.2, 0.25) is 0 Å². The Morgan fingerprint density at radius 3 is 2.75 bits per heavy atom. The molecule has 0 spiro atoms. The Hall–Kier alpha value is -1.88. The molecule has 1 amide bonds. The van der Waals surface area contributed by atoms with Crippen LogP contribution in [0.3, 0.4) is 0 Å². The van der Waals surface area contributed by atoms with Gasteiger partial charge in [0.2, 0.25) is 0 Å². The van der Waals surface area contributed by atoms with Crippen LogP contribution in [0.15, 0.2) is 24.3 Å². The van der Waals surface area contributed by atoms with E-state index in [0.29, 0.717) is 24.9 Å². The number of benzene rings is 1. The average molecular weight is 277 g/mol. The van der Waals surface area contributed by atoms with Gasteiger partial charge in [-0.3, -0.25) is 4.79 Å². The van der Waals surface area contributed by atoms with E-state index in [4.69, 9.17) is 4.74 Å². The lowest BCUT2D eigenvalue weighted by Gasteiger charge is -2.36. The summed E-state index contributed by atoms with van der Waals surface area (Å²) in [6.45, 7) is 2.26. The van der Waals surface area contributed by atoms with Crippen LogP contribution in [0.25, 0.3) is 0 Å². The molecule has 1 aromatic rings. The minimum Gasteiger partial charge on any atom is -0.479 e. The number of rotatable bonds is 4. The van der Waals surface area contributed by atoms with Crippen molar-refractivity contribution in [3.05, 3.63) is 35.4 Å². The number of hydrogen-bond donors (Lipinski definition) is 1. The first-order valence-corrected chi connectivity index (χ1v) is 6.74. The van der Waals surface area contributed by atoms with Gasteiger partial charge in [0, 0.05) is 13.7 Å². The highest BCUT2D eigenvalue weighted by atomic mass is 16.5. The molecule has 2 rings (SSSR count). The van der Waals surface area contributed by atoms with Gasteiger partial charge in [-0.25, -0.2) is 4.79 Å². The van der Waals surface area contributed by atoms with E-state index in [0.717, 1.165) is 5.56 Å². The Morgan fingerprint density at radius 2 is 2.15 bits per heavy atom.